The van der Waals surface area contributed by atoms with Crippen molar-refractivity contribution in [2.24, 2.45) is 0 Å². The number of nitrogens with one attached hydrogen (secondary N) is 1. The number of hydrazine groups is 3. The van der Waals surface area contributed by atoms with Crippen LogP contribution in [0.5, 0.6) is 0 Å². The summed E-state index contributed by atoms with van der Waals surface area (Å²) in [5.74, 6) is -0.648. The summed E-state index contributed by atoms with van der Waals surface area (Å²) in [6, 6.07) is 8.15. The Balaban J connectivity index is 1.97. The molecule has 0 saturated carbocycles. The Hall–Kier alpha value is -2.34. The number of hydrogen-bond acceptors (Lipinski definition) is 5. The molecule has 0 aliphatic carbocycles. The first-order valence-corrected chi connectivity index (χ1v) is 6.52. The van der Waals surface area contributed by atoms with Crippen LogP contribution in [-0.2, 0) is 16.0 Å². The molecule has 0 atom stereocenters. The molecule has 0 radical (unpaired) electrons. The number of fused-ring (bicyclic) bond motifs is 3. The summed E-state index contributed by atoms with van der Waals surface area (Å²) in [4.78, 5) is 23.2. The van der Waals surface area contributed by atoms with Crippen molar-refractivity contribution in [2.75, 3.05) is 6.54 Å². The number of imide groups is 1. The maximum absolute atomic E-state index is 11.6. The average Bonchev–Trinajstić information content (AvgIpc) is 2.81. The van der Waals surface area contributed by atoms with Gasteiger partial charge in [0.2, 0.25) is 11.8 Å². The van der Waals surface area contributed by atoms with Crippen molar-refractivity contribution >= 4 is 17.5 Å². The van der Waals surface area contributed by atoms with Crippen LogP contribution < -0.4 is 5.53 Å². The van der Waals surface area contributed by atoms with Gasteiger partial charge >= 0.3 is 0 Å². The summed E-state index contributed by atoms with van der Waals surface area (Å²) >= 11 is 0. The van der Waals surface area contributed by atoms with Crippen molar-refractivity contribution in [3.05, 3.63) is 41.6 Å². The maximum atomic E-state index is 11.6. The lowest BCUT2D eigenvalue weighted by molar-refractivity contribution is -0.164. The summed E-state index contributed by atoms with van der Waals surface area (Å²) in [5.41, 5.74) is 6.43. The predicted molar refractivity (Wildman–Crippen MR) is 73.0 cm³/mol. The lowest BCUT2D eigenvalue weighted by Crippen LogP contribution is -2.53. The van der Waals surface area contributed by atoms with Gasteiger partial charge in [-0.05, 0) is 12.0 Å². The molecule has 0 bridgehead atoms. The minimum Gasteiger partial charge on any atom is -0.287 e. The summed E-state index contributed by atoms with van der Waals surface area (Å²) < 4.78 is 0. The molecule has 1 aromatic rings. The van der Waals surface area contributed by atoms with Gasteiger partial charge in [-0.15, -0.1) is 5.53 Å². The van der Waals surface area contributed by atoms with Crippen LogP contribution in [0.25, 0.3) is 5.70 Å². The van der Waals surface area contributed by atoms with Gasteiger partial charge in [0, 0.05) is 26.0 Å². The molecular formula is C14H16N4O2. The van der Waals surface area contributed by atoms with Gasteiger partial charge < -0.3 is 0 Å². The highest BCUT2D eigenvalue weighted by Gasteiger charge is 2.32. The summed E-state index contributed by atoms with van der Waals surface area (Å²) in [6.45, 7) is 3.53. The number of amides is 2. The van der Waals surface area contributed by atoms with Gasteiger partial charge in [-0.25, -0.2) is 0 Å². The molecule has 3 rings (SSSR count). The van der Waals surface area contributed by atoms with Crippen LogP contribution in [0.2, 0.25) is 0 Å². The Kier molecular flexibility index (Phi) is 2.94. The molecule has 104 valence electrons. The van der Waals surface area contributed by atoms with Crippen LogP contribution in [0.4, 0.5) is 0 Å². The molecule has 2 aliphatic rings. The van der Waals surface area contributed by atoms with Crippen molar-refractivity contribution in [1.29, 1.82) is 0 Å². The first-order valence-electron chi connectivity index (χ1n) is 6.52. The molecule has 0 aromatic heterocycles. The molecule has 2 aliphatic heterocycles. The molecule has 20 heavy (non-hydrogen) atoms. The van der Waals surface area contributed by atoms with Crippen molar-refractivity contribution in [1.82, 2.24) is 20.7 Å². The number of rotatable bonds is 1. The van der Waals surface area contributed by atoms with Gasteiger partial charge in [0.15, 0.2) is 0 Å². The van der Waals surface area contributed by atoms with Gasteiger partial charge in [0.25, 0.3) is 0 Å². The number of benzene rings is 1. The average molecular weight is 272 g/mol. The van der Waals surface area contributed by atoms with E-state index in [4.69, 9.17) is 0 Å². The predicted octanol–water partition coefficient (Wildman–Crippen LogP) is 0.888. The Morgan fingerprint density at radius 3 is 2.60 bits per heavy atom. The van der Waals surface area contributed by atoms with E-state index in [9.17, 15) is 9.59 Å². The molecule has 0 spiro atoms. The van der Waals surface area contributed by atoms with Gasteiger partial charge in [0.05, 0.1) is 11.9 Å². The fourth-order valence-corrected chi connectivity index (χ4v) is 2.63. The van der Waals surface area contributed by atoms with Crippen molar-refractivity contribution < 1.29 is 9.59 Å². The molecule has 2 heterocycles. The molecule has 0 unspecified atom stereocenters. The summed E-state index contributed by atoms with van der Waals surface area (Å²) in [5, 5.41) is 4.47. The van der Waals surface area contributed by atoms with Crippen LogP contribution in [0, 0.1) is 0 Å². The maximum Gasteiger partial charge on any atom is 0.246 e. The van der Waals surface area contributed by atoms with E-state index in [0.29, 0.717) is 0 Å². The van der Waals surface area contributed by atoms with E-state index in [1.807, 2.05) is 23.2 Å². The minimum atomic E-state index is -0.324. The minimum absolute atomic E-state index is 0.324. The van der Waals surface area contributed by atoms with E-state index in [1.54, 1.807) is 6.20 Å². The van der Waals surface area contributed by atoms with E-state index >= 15 is 0 Å². The van der Waals surface area contributed by atoms with E-state index in [-0.39, 0.29) is 11.8 Å². The van der Waals surface area contributed by atoms with Crippen LogP contribution in [0.15, 0.2) is 30.5 Å². The first-order chi connectivity index (χ1) is 9.58. The fourth-order valence-electron chi connectivity index (χ4n) is 2.63. The van der Waals surface area contributed by atoms with E-state index in [2.05, 4.69) is 11.6 Å². The number of nitrogens with zero attached hydrogens (tertiary/aromatic N) is 3. The SMILES string of the molecule is CC(=O)N(C(C)=O)N1C=C2c3ccccc3CCN2N1. The smallest absolute Gasteiger partial charge is 0.246 e. The molecular weight excluding hydrogens is 256 g/mol. The molecule has 2 amide bonds. The van der Waals surface area contributed by atoms with Crippen LogP contribution in [-0.4, -0.2) is 33.5 Å². The second-order valence-electron chi connectivity index (χ2n) is 4.87. The van der Waals surface area contributed by atoms with Crippen LogP contribution in [0.3, 0.4) is 0 Å². The zero-order valence-corrected chi connectivity index (χ0v) is 11.5. The largest absolute Gasteiger partial charge is 0.287 e. The first kappa shape index (κ1) is 12.7. The fraction of sp³-hybridized carbons (Fsp3) is 0.286. The number of carbonyl (C=O) groups excluding carboxylic acids is 2. The van der Waals surface area contributed by atoms with E-state index in [0.717, 1.165) is 29.2 Å². The standard InChI is InChI=1S/C14H16N4O2/c1-10(19)18(11(2)20)17-9-14-13-6-4-3-5-12(13)7-8-16(14)15-17/h3-6,9,15H,7-8H2,1-2H3. The molecule has 6 nitrogen and oxygen atoms in total. The number of carbonyl (C=O) groups is 2. The third-order valence-electron chi connectivity index (χ3n) is 3.47. The molecule has 1 N–H and O–H groups in total. The Morgan fingerprint density at radius 1 is 1.20 bits per heavy atom. The lowest BCUT2D eigenvalue weighted by Gasteiger charge is -2.32. The highest BCUT2D eigenvalue weighted by Crippen LogP contribution is 2.31. The summed E-state index contributed by atoms with van der Waals surface area (Å²) in [7, 11) is 0. The molecule has 1 aromatic carbocycles. The molecule has 0 fully saturated rings. The van der Waals surface area contributed by atoms with Gasteiger partial charge in [0.1, 0.15) is 0 Å². The Labute approximate surface area is 117 Å². The Morgan fingerprint density at radius 2 is 1.90 bits per heavy atom. The van der Waals surface area contributed by atoms with Gasteiger partial charge in [-0.1, -0.05) is 24.3 Å². The van der Waals surface area contributed by atoms with E-state index < -0.39 is 0 Å². The zero-order chi connectivity index (χ0) is 14.3. The highest BCUT2D eigenvalue weighted by molar-refractivity contribution is 5.92. The van der Waals surface area contributed by atoms with Crippen molar-refractivity contribution in [2.45, 2.75) is 20.3 Å². The van der Waals surface area contributed by atoms with Crippen LogP contribution >= 0.6 is 0 Å². The van der Waals surface area contributed by atoms with Crippen molar-refractivity contribution in [3.63, 3.8) is 0 Å². The monoisotopic (exact) mass is 272 g/mol. The zero-order valence-electron chi connectivity index (χ0n) is 11.5. The van der Waals surface area contributed by atoms with Crippen LogP contribution in [0.1, 0.15) is 25.0 Å². The third-order valence-corrected chi connectivity index (χ3v) is 3.47. The lowest BCUT2D eigenvalue weighted by atomic mass is 9.98. The summed E-state index contributed by atoms with van der Waals surface area (Å²) in [6.07, 6.45) is 2.70. The van der Waals surface area contributed by atoms with Gasteiger partial charge in [-0.3, -0.25) is 14.6 Å². The van der Waals surface area contributed by atoms with Crippen molar-refractivity contribution in [3.8, 4) is 0 Å². The highest BCUT2D eigenvalue weighted by atomic mass is 16.2. The molecule has 0 saturated heterocycles. The number of hydrogen-bond donors (Lipinski definition) is 1. The molecule has 6 heteroatoms. The topological polar surface area (TPSA) is 55.9 Å². The van der Waals surface area contributed by atoms with Gasteiger partial charge in [-0.2, -0.15) is 10.1 Å². The Bertz CT molecular complexity index is 597. The third kappa shape index (κ3) is 1.94. The quantitative estimate of drug-likeness (QED) is 0.823. The van der Waals surface area contributed by atoms with E-state index in [1.165, 1.54) is 24.5 Å². The normalized spacial score (nSPS) is 16.4. The second-order valence-corrected chi connectivity index (χ2v) is 4.87. The second kappa shape index (κ2) is 4.64.